The maximum absolute atomic E-state index is 13.6. The number of carbonyl (C=O) groups excluding carboxylic acids is 1. The molecule has 1 heterocycles. The monoisotopic (exact) mass is 579 g/mol. The van der Waals surface area contributed by atoms with Crippen molar-refractivity contribution < 1.29 is 9.53 Å². The standard InChI is InChI=1S/C35H49NO2S2/c1-4-5-6-11-20-27-40-28-21-12-9-7-8-10-19-26-32(37)36-33(29(2)3)35(38-34(36)39,30-22-15-13-16-23-30)31-24-17-14-18-25-31/h10,13-19,22-25,29,33H,4-9,11-12,20-21,26-28H2,1-3H3/t33-/m0/s1. The Kier molecular flexibility index (Phi) is 14.3. The third-order valence-electron chi connectivity index (χ3n) is 7.71. The van der Waals surface area contributed by atoms with Crippen molar-refractivity contribution in [1.29, 1.82) is 0 Å². The molecule has 1 aliphatic rings. The quantitative estimate of drug-likeness (QED) is 0.0999. The van der Waals surface area contributed by atoms with Crippen molar-refractivity contribution in [2.24, 2.45) is 5.92 Å². The number of benzene rings is 2. The number of thiocarbonyl (C=S) groups is 1. The van der Waals surface area contributed by atoms with Gasteiger partial charge < -0.3 is 4.74 Å². The molecule has 1 aliphatic heterocycles. The Morgan fingerprint density at radius 2 is 1.43 bits per heavy atom. The van der Waals surface area contributed by atoms with Crippen LogP contribution in [0.5, 0.6) is 0 Å². The minimum absolute atomic E-state index is 0.000376. The Hall–Kier alpha value is -2.11. The fourth-order valence-electron chi connectivity index (χ4n) is 5.69. The highest BCUT2D eigenvalue weighted by Gasteiger charge is 2.57. The number of hydrogen-bond acceptors (Lipinski definition) is 4. The molecule has 1 fully saturated rings. The lowest BCUT2D eigenvalue weighted by atomic mass is 9.75. The van der Waals surface area contributed by atoms with Crippen molar-refractivity contribution in [3.8, 4) is 0 Å². The fraction of sp³-hybridized carbons (Fsp3) is 0.543. The van der Waals surface area contributed by atoms with Crippen molar-refractivity contribution in [2.75, 3.05) is 11.5 Å². The highest BCUT2D eigenvalue weighted by molar-refractivity contribution is 7.99. The first kappa shape index (κ1) is 32.4. The molecule has 0 bridgehead atoms. The number of carbonyl (C=O) groups is 1. The Morgan fingerprint density at radius 3 is 1.98 bits per heavy atom. The van der Waals surface area contributed by atoms with Gasteiger partial charge in [0.05, 0.1) is 6.04 Å². The first-order chi connectivity index (χ1) is 19.5. The maximum atomic E-state index is 13.6. The molecule has 0 aliphatic carbocycles. The summed E-state index contributed by atoms with van der Waals surface area (Å²) in [5.41, 5.74) is 1.19. The number of thioether (sulfide) groups is 1. The first-order valence-corrected chi connectivity index (χ1v) is 17.0. The Labute approximate surface area is 253 Å². The molecule has 1 saturated heterocycles. The Morgan fingerprint density at radius 1 is 0.875 bits per heavy atom. The molecule has 2 aromatic rings. The van der Waals surface area contributed by atoms with E-state index in [0.717, 1.165) is 17.5 Å². The van der Waals surface area contributed by atoms with Gasteiger partial charge in [-0.25, -0.2) is 0 Å². The molecule has 1 atom stereocenters. The summed E-state index contributed by atoms with van der Waals surface area (Å²) in [4.78, 5) is 15.3. The average molecular weight is 580 g/mol. The van der Waals surface area contributed by atoms with Gasteiger partial charge in [0.25, 0.3) is 5.17 Å². The molecule has 5 heteroatoms. The SMILES string of the molecule is CCCCCCCSCCCCCCC=CCC(=O)N1C(=S)OC(c2ccccc2)(c2ccccc2)[C@@H]1C(C)C. The molecule has 218 valence electrons. The second-order valence-corrected chi connectivity index (χ2v) is 12.8. The van der Waals surface area contributed by atoms with Crippen LogP contribution < -0.4 is 0 Å². The van der Waals surface area contributed by atoms with E-state index in [1.807, 2.05) is 42.5 Å². The summed E-state index contributed by atoms with van der Waals surface area (Å²) in [5.74, 6) is 2.75. The third-order valence-corrected chi connectivity index (χ3v) is 9.14. The van der Waals surface area contributed by atoms with E-state index in [4.69, 9.17) is 17.0 Å². The largest absolute Gasteiger partial charge is 0.452 e. The van der Waals surface area contributed by atoms with Gasteiger partial charge in [-0.1, -0.05) is 132 Å². The minimum atomic E-state index is -0.833. The summed E-state index contributed by atoms with van der Waals surface area (Å²) in [5, 5.41) is 0.267. The van der Waals surface area contributed by atoms with E-state index in [1.165, 1.54) is 69.3 Å². The summed E-state index contributed by atoms with van der Waals surface area (Å²) in [6, 6.07) is 20.1. The lowest BCUT2D eigenvalue weighted by molar-refractivity contribution is -0.128. The molecule has 2 aromatic carbocycles. The zero-order chi connectivity index (χ0) is 28.6. The zero-order valence-corrected chi connectivity index (χ0v) is 26.5. The van der Waals surface area contributed by atoms with Crippen molar-refractivity contribution >= 4 is 35.1 Å². The number of nitrogens with zero attached hydrogens (tertiary/aromatic N) is 1. The van der Waals surface area contributed by atoms with Crippen LogP contribution in [0, 0.1) is 5.92 Å². The Bertz CT molecular complexity index is 998. The van der Waals surface area contributed by atoms with Gasteiger partial charge in [0.1, 0.15) is 0 Å². The van der Waals surface area contributed by atoms with Crippen LogP contribution >= 0.6 is 24.0 Å². The molecule has 0 saturated carbocycles. The van der Waals surface area contributed by atoms with Crippen molar-refractivity contribution in [1.82, 2.24) is 4.90 Å². The van der Waals surface area contributed by atoms with Crippen molar-refractivity contribution in [3.63, 3.8) is 0 Å². The number of rotatable bonds is 18. The minimum Gasteiger partial charge on any atom is -0.452 e. The summed E-state index contributed by atoms with van der Waals surface area (Å²) in [7, 11) is 0. The molecule has 0 spiro atoms. The molecule has 0 aromatic heterocycles. The summed E-state index contributed by atoms with van der Waals surface area (Å²) in [6.07, 6.45) is 17.4. The highest BCUT2D eigenvalue weighted by atomic mass is 32.2. The van der Waals surface area contributed by atoms with Gasteiger partial charge in [-0.05, 0) is 55.3 Å². The lowest BCUT2D eigenvalue weighted by Crippen LogP contribution is -2.49. The molecule has 0 N–H and O–H groups in total. The molecule has 40 heavy (non-hydrogen) atoms. The Balaban J connectivity index is 1.49. The fourth-order valence-corrected chi connectivity index (χ4v) is 7.06. The van der Waals surface area contributed by atoms with Crippen LogP contribution in [0.4, 0.5) is 0 Å². The van der Waals surface area contributed by atoms with E-state index in [2.05, 4.69) is 62.9 Å². The highest BCUT2D eigenvalue weighted by Crippen LogP contribution is 2.47. The number of amides is 1. The van der Waals surface area contributed by atoms with Gasteiger partial charge in [-0.15, -0.1) is 0 Å². The maximum Gasteiger partial charge on any atom is 0.267 e. The van der Waals surface area contributed by atoms with Crippen LogP contribution in [0.1, 0.15) is 103 Å². The van der Waals surface area contributed by atoms with Gasteiger partial charge in [-0.3, -0.25) is 9.69 Å². The third kappa shape index (κ3) is 8.94. The molecular weight excluding hydrogens is 531 g/mol. The van der Waals surface area contributed by atoms with E-state index >= 15 is 0 Å². The smallest absolute Gasteiger partial charge is 0.267 e. The summed E-state index contributed by atoms with van der Waals surface area (Å²) < 4.78 is 6.57. The summed E-state index contributed by atoms with van der Waals surface area (Å²) in [6.45, 7) is 6.56. The summed E-state index contributed by atoms with van der Waals surface area (Å²) >= 11 is 7.85. The lowest BCUT2D eigenvalue weighted by Gasteiger charge is -2.38. The van der Waals surface area contributed by atoms with Gasteiger partial charge in [-0.2, -0.15) is 11.8 Å². The number of ether oxygens (including phenoxy) is 1. The van der Waals surface area contributed by atoms with Gasteiger partial charge >= 0.3 is 0 Å². The number of hydrogen-bond donors (Lipinski definition) is 0. The van der Waals surface area contributed by atoms with E-state index in [-0.39, 0.29) is 23.0 Å². The molecule has 3 nitrogen and oxygen atoms in total. The molecule has 0 unspecified atom stereocenters. The van der Waals surface area contributed by atoms with E-state index in [0.29, 0.717) is 6.42 Å². The van der Waals surface area contributed by atoms with Crippen LogP contribution in [-0.4, -0.2) is 33.5 Å². The average Bonchev–Trinajstić information content (AvgIpc) is 3.30. The first-order valence-electron chi connectivity index (χ1n) is 15.4. The van der Waals surface area contributed by atoms with Crippen LogP contribution in [0.3, 0.4) is 0 Å². The molecule has 0 radical (unpaired) electrons. The molecular formula is C35H49NO2S2. The number of allylic oxidation sites excluding steroid dienone is 1. The van der Waals surface area contributed by atoms with Gasteiger partial charge in [0.15, 0.2) is 5.60 Å². The molecule has 3 rings (SSSR count). The van der Waals surface area contributed by atoms with Gasteiger partial charge in [0.2, 0.25) is 5.91 Å². The predicted octanol–water partition coefficient (Wildman–Crippen LogP) is 9.70. The molecule has 1 amide bonds. The predicted molar refractivity (Wildman–Crippen MR) is 176 cm³/mol. The van der Waals surface area contributed by atoms with Crippen molar-refractivity contribution in [2.45, 2.75) is 103 Å². The normalized spacial score (nSPS) is 16.6. The van der Waals surface area contributed by atoms with Crippen LogP contribution in [0.15, 0.2) is 72.8 Å². The number of unbranched alkanes of at least 4 members (excludes halogenated alkanes) is 8. The zero-order valence-electron chi connectivity index (χ0n) is 24.9. The topological polar surface area (TPSA) is 29.5 Å². The second-order valence-electron chi connectivity index (χ2n) is 11.2. The van der Waals surface area contributed by atoms with E-state index < -0.39 is 5.60 Å². The van der Waals surface area contributed by atoms with Crippen LogP contribution in [0.25, 0.3) is 0 Å². The van der Waals surface area contributed by atoms with E-state index in [9.17, 15) is 4.79 Å². The second kappa shape index (κ2) is 17.6. The van der Waals surface area contributed by atoms with Crippen LogP contribution in [0.2, 0.25) is 0 Å². The van der Waals surface area contributed by atoms with Crippen molar-refractivity contribution in [3.05, 3.63) is 83.9 Å². The van der Waals surface area contributed by atoms with Crippen LogP contribution in [-0.2, 0) is 15.1 Å². The van der Waals surface area contributed by atoms with Gasteiger partial charge in [0, 0.05) is 17.5 Å². The van der Waals surface area contributed by atoms with E-state index in [1.54, 1.807) is 4.90 Å².